The van der Waals surface area contributed by atoms with Gasteiger partial charge in [-0.05, 0) is 132 Å². The van der Waals surface area contributed by atoms with Crippen LogP contribution in [0.25, 0.3) is 0 Å². The number of nitro groups is 1. The van der Waals surface area contributed by atoms with E-state index in [0.717, 1.165) is 112 Å². The number of rotatable bonds is 16. The molecule has 0 fully saturated rings. The molecule has 0 atom stereocenters. The Morgan fingerprint density at radius 2 is 0.767 bits per heavy atom. The Hall–Kier alpha value is -9.01. The number of carbonyl (C=O) groups is 4. The van der Waals surface area contributed by atoms with Gasteiger partial charge in [-0.1, -0.05) is 20.8 Å². The number of thiophene rings is 6. The molecule has 0 aromatic carbocycles. The molecule has 0 saturated carbocycles. The van der Waals surface area contributed by atoms with Gasteiger partial charge in [0.2, 0.25) is 31.9 Å². The molecule has 0 aliphatic carbocycles. The predicted molar refractivity (Wildman–Crippen MR) is 393 cm³/mol. The van der Waals surface area contributed by atoms with E-state index in [1.165, 1.54) is 55.7 Å². The van der Waals surface area contributed by atoms with Crippen LogP contribution in [0, 0.1) is 32.8 Å². The van der Waals surface area contributed by atoms with Gasteiger partial charge in [0.1, 0.15) is 47.1 Å². The lowest BCUT2D eigenvalue weighted by Gasteiger charge is -2.14. The average Bonchev–Trinajstić information content (AvgIpc) is 1.60. The maximum absolute atomic E-state index is 10.7. The molecule has 65 heteroatoms. The van der Waals surface area contributed by atoms with Gasteiger partial charge in [-0.25, -0.2) is 9.59 Å². The minimum absolute atomic E-state index is 0.0115. The maximum atomic E-state index is 10.7. The fourth-order valence-electron chi connectivity index (χ4n) is 5.77. The third-order valence-corrected chi connectivity index (χ3v) is 29.4. The Balaban J connectivity index is 0.000000645. The highest BCUT2D eigenvalue weighted by atomic mass is 32.3. The highest BCUT2D eigenvalue weighted by molar-refractivity contribution is 7.91. The van der Waals surface area contributed by atoms with Crippen LogP contribution < -0.4 is 0 Å². The Morgan fingerprint density at radius 3 is 1.00 bits per heavy atom. The van der Waals surface area contributed by atoms with Crippen LogP contribution in [0.5, 0.6) is 0 Å². The van der Waals surface area contributed by atoms with Gasteiger partial charge in [0.15, 0.2) is 22.0 Å². The maximum Gasteiger partial charge on any atom is 0.371 e. The molecule has 0 radical (unpaired) electrons. The molecule has 10 heterocycles. The van der Waals surface area contributed by atoms with Crippen molar-refractivity contribution in [1.29, 1.82) is 10.5 Å². The largest absolute Gasteiger partial charge is 0.477 e. The second kappa shape index (κ2) is 42.4. The number of nitriles is 2. The van der Waals surface area contributed by atoms with Crippen LogP contribution in [-0.2, 0) is 117 Å². The summed E-state index contributed by atoms with van der Waals surface area (Å²) in [5.74, 6) is -3.80. The number of nitrogens with zero attached hydrogens (tertiary/aromatic N) is 3. The number of aromatic carboxylic acids is 2. The smallest absolute Gasteiger partial charge is 0.371 e. The van der Waals surface area contributed by atoms with Crippen molar-refractivity contribution in [2.45, 2.75) is 82.9 Å². The summed E-state index contributed by atoms with van der Waals surface area (Å²) in [4.78, 5) is 51.9. The van der Waals surface area contributed by atoms with Gasteiger partial charge >= 0.3 is 128 Å². The first-order valence-corrected chi connectivity index (χ1v) is 48.0. The monoisotopic (exact) mass is 1960 g/mol. The molecule has 0 aliphatic heterocycles. The van der Waals surface area contributed by atoms with Crippen molar-refractivity contribution in [3.05, 3.63) is 174 Å². The normalized spacial score (nSPS) is 11.7. The molecule has 0 unspecified atom stereocenters. The molecule has 0 bridgehead atoms. The number of ketones is 1. The minimum atomic E-state index is -4.45. The van der Waals surface area contributed by atoms with Crippen molar-refractivity contribution in [3.63, 3.8) is 0 Å². The van der Waals surface area contributed by atoms with Gasteiger partial charge in [0.25, 0.3) is 0 Å². The zero-order valence-corrected chi connectivity index (χ0v) is 70.2. The fraction of sp³-hybridized carbons (Fsp3) is 0.0980. The van der Waals surface area contributed by atoms with Crippen LogP contribution in [0.2, 0.25) is 0 Å². The van der Waals surface area contributed by atoms with Crippen LogP contribution in [0.15, 0.2) is 195 Å². The first-order valence-electron chi connectivity index (χ1n) is 27.3. The van der Waals surface area contributed by atoms with Crippen molar-refractivity contribution >= 4 is 208 Å². The van der Waals surface area contributed by atoms with Crippen LogP contribution >= 0.6 is 68.0 Å². The van der Waals surface area contributed by atoms with Crippen LogP contribution in [0.3, 0.4) is 0 Å². The van der Waals surface area contributed by atoms with Crippen LogP contribution in [0.4, 0.5) is 5.00 Å². The molecule has 638 valence electrons. The number of carboxylic acid groups (broad SMARTS) is 2. The van der Waals surface area contributed by atoms with E-state index in [0.29, 0.717) is 29.0 Å². The molecular formula is C51H47N3O45S17. The van der Waals surface area contributed by atoms with E-state index in [9.17, 15) is 122 Å². The van der Waals surface area contributed by atoms with E-state index in [4.69, 9.17) is 70.8 Å². The zero-order valence-electron chi connectivity index (χ0n) is 56.4. The van der Waals surface area contributed by atoms with Crippen molar-refractivity contribution < 1.29 is 195 Å². The molecule has 0 saturated heterocycles. The first-order chi connectivity index (χ1) is 52.3. The zero-order chi connectivity index (χ0) is 90.3. The van der Waals surface area contributed by atoms with E-state index in [1.807, 2.05) is 20.8 Å². The number of aldehydes is 1. The van der Waals surface area contributed by atoms with Crippen LogP contribution in [0.1, 0.15) is 83.7 Å². The summed E-state index contributed by atoms with van der Waals surface area (Å²) in [6, 6.07) is 26.2. The summed E-state index contributed by atoms with van der Waals surface area (Å²) in [5.41, 5.74) is -0.0758. The minimum Gasteiger partial charge on any atom is -0.477 e. The number of furan rings is 4. The number of Topliss-reactive ketones (excluding diaryl/α,β-unsaturated/α-hetero) is 1. The van der Waals surface area contributed by atoms with Gasteiger partial charge in [0.05, 0.1) is 16.1 Å². The average molecular weight is 1970 g/mol. The summed E-state index contributed by atoms with van der Waals surface area (Å²) < 4.78 is 337. The highest BCUT2D eigenvalue weighted by Gasteiger charge is 2.24. The molecule has 116 heavy (non-hydrogen) atoms. The molecule has 13 N–H and O–H groups in total. The molecule has 10 aromatic rings. The molecule has 48 nitrogen and oxygen atoms in total. The molecule has 10 aromatic heterocycles. The second-order valence-corrected chi connectivity index (χ2v) is 43.7. The van der Waals surface area contributed by atoms with Gasteiger partial charge in [0, 0.05) is 17.9 Å². The quantitative estimate of drug-likeness (QED) is 0.0145. The van der Waals surface area contributed by atoms with E-state index in [2.05, 4.69) is 17.7 Å². The van der Waals surface area contributed by atoms with Crippen molar-refractivity contribution in [2.24, 2.45) is 0 Å². The predicted octanol–water partition coefficient (Wildman–Crippen LogP) is 7.68. The van der Waals surface area contributed by atoms with Gasteiger partial charge in [-0.2, -0.15) is 103 Å². The first kappa shape index (κ1) is 105. The van der Waals surface area contributed by atoms with Crippen LogP contribution in [-0.4, -0.2) is 182 Å². The fourth-order valence-corrected chi connectivity index (χ4v) is 17.7. The van der Waals surface area contributed by atoms with Crippen molar-refractivity contribution in [3.8, 4) is 12.1 Å². The van der Waals surface area contributed by atoms with E-state index >= 15 is 0 Å². The summed E-state index contributed by atoms with van der Waals surface area (Å²) in [7, 11) is -46.9. The Kier molecular flexibility index (Phi) is 38.4. The van der Waals surface area contributed by atoms with E-state index in [-0.39, 0.29) is 64.7 Å². The number of hydrogen-bond donors (Lipinski definition) is 13. The lowest BCUT2D eigenvalue weighted by Crippen LogP contribution is -2.07. The highest BCUT2D eigenvalue weighted by Crippen LogP contribution is 2.32. The lowest BCUT2D eigenvalue weighted by atomic mass is 9.95. The summed E-state index contributed by atoms with van der Waals surface area (Å²) in [5, 5.41) is 40.5. The molecule has 0 spiro atoms. The molecule has 0 amide bonds. The van der Waals surface area contributed by atoms with E-state index in [1.54, 1.807) is 18.2 Å². The standard InChI is InChI=1S/C8H12O3S2.C6H6O5S.C5H3NO4S.C5H3NO3S2.C5H4O6S.C5H4O5S2.C5H4O4S2.C4H3NO5S2.C4H4O6S3.C4H4O4S/c1-8(2,3)6-4-5-7(12-6)13(9,10)11;1-4(7)5-2-3-6(11-5)12(8,9)10;2*6-3-4-1-2-5(10-4)11(7,8)9;2*6-5(7)3-1-2-4(11-3)12(8,9)10;6-3-4-1-2-5(10-4)11(7,8)9;6-5(7)3-1-2-4(11-3)12(8,9)10;5-12(6,7)3-1-2-4(11-3)13(8,9)10;5-9(6,7)4-2-1-3-8-4/h4-5H,1-3H3,(H,9,10,11);2-3H,1H3,(H,8,9,10);2*1-2H,(H,7,8,9);2*1-2H,(H,6,7)(H,8,9,10);1-3H,(H,7,8,9);1-2H,(H,8,9,10);1-2H,(H,5,6,7)(H,8,9,10);1-3H,(H,5,6,7). The Morgan fingerprint density at radius 1 is 0.405 bits per heavy atom. The summed E-state index contributed by atoms with van der Waals surface area (Å²) in [6.07, 6.45) is 1.70. The topological polar surface area (TPSA) is 850 Å². The summed E-state index contributed by atoms with van der Waals surface area (Å²) >= 11 is 3.78. The third-order valence-electron chi connectivity index (χ3n) is 10.5. The number of carbonyl (C=O) groups excluding carboxylic acids is 2. The van der Waals surface area contributed by atoms with Gasteiger partial charge < -0.3 is 27.9 Å². The Labute approximate surface area is 677 Å². The lowest BCUT2D eigenvalue weighted by molar-refractivity contribution is -0.380. The van der Waals surface area contributed by atoms with Gasteiger partial charge in [-0.3, -0.25) is 69.8 Å². The summed E-state index contributed by atoms with van der Waals surface area (Å²) in [6.45, 7) is 7.21. The molecule has 10 rings (SSSR count). The van der Waals surface area contributed by atoms with Crippen molar-refractivity contribution in [1.82, 2.24) is 0 Å². The SMILES string of the molecule is CC(=O)c1ccc(S(=O)(=O)O)o1.CC(C)(C)c1ccc(S(=O)(=O)O)s1.N#Cc1ccc(S(=O)(=O)O)o1.N#Cc1ccc(S(=O)(=O)O)s1.O=C(O)c1ccc(S(=O)(=O)O)o1.O=C(O)c1ccc(S(=O)(=O)O)s1.O=Cc1ccc(S(=O)(=O)O)s1.O=S(=O)(O)c1ccc(S(=O)(=O)O)s1.O=S(=O)(O)c1ccco1.O=[N+]([O-])c1ccc(S(=O)(=O)O)s1. The number of carboxylic acids is 2. The van der Waals surface area contributed by atoms with Gasteiger partial charge in [-0.15, -0.1) is 56.7 Å². The molecular weight excluding hydrogens is 1920 g/mol. The Bertz CT molecular complexity index is 6130. The number of hydrogen-bond acceptors (Lipinski definition) is 40. The second-order valence-electron chi connectivity index (χ2n) is 20.2. The third kappa shape index (κ3) is 37.9. The van der Waals surface area contributed by atoms with E-state index < -0.39 is 173 Å². The molecule has 0 aliphatic rings. The van der Waals surface area contributed by atoms with Crippen molar-refractivity contribution in [2.75, 3.05) is 0 Å².